The number of hydrogen-bond acceptors (Lipinski definition) is 6. The van der Waals surface area contributed by atoms with E-state index in [0.717, 1.165) is 46.5 Å². The maximum absolute atomic E-state index is 13.3. The van der Waals surface area contributed by atoms with Crippen molar-refractivity contribution in [3.05, 3.63) is 75.2 Å². The van der Waals surface area contributed by atoms with Crippen LogP contribution in [0.25, 0.3) is 10.9 Å². The van der Waals surface area contributed by atoms with E-state index in [1.807, 2.05) is 16.8 Å². The van der Waals surface area contributed by atoms with Gasteiger partial charge >= 0.3 is 0 Å². The lowest BCUT2D eigenvalue weighted by molar-refractivity contribution is 0.0610. The van der Waals surface area contributed by atoms with Crippen LogP contribution in [0.4, 0.5) is 0 Å². The van der Waals surface area contributed by atoms with Gasteiger partial charge in [-0.2, -0.15) is 0 Å². The summed E-state index contributed by atoms with van der Waals surface area (Å²) in [4.78, 5) is 19.0. The number of nitrogens with zero attached hydrogens (tertiary/aromatic N) is 5. The molecule has 1 saturated carbocycles. The monoisotopic (exact) mass is 488 g/mol. The number of aromatic amines is 1. The van der Waals surface area contributed by atoms with Crippen molar-refractivity contribution in [3.63, 3.8) is 0 Å². The van der Waals surface area contributed by atoms with Gasteiger partial charge < -0.3 is 9.40 Å². The topological polar surface area (TPSA) is 92.8 Å². The largest absolute Gasteiger partial charge is 0.467 e. The Balaban J connectivity index is 1.55. The fraction of sp³-hybridized carbons (Fsp3) is 0.500. The number of furan rings is 1. The van der Waals surface area contributed by atoms with Gasteiger partial charge in [0.25, 0.3) is 5.56 Å². The highest BCUT2D eigenvalue weighted by atomic mass is 16.3. The molecule has 0 bridgehead atoms. The summed E-state index contributed by atoms with van der Waals surface area (Å²) >= 11 is 0. The average Bonchev–Trinajstić information content (AvgIpc) is 3.55. The van der Waals surface area contributed by atoms with Gasteiger partial charge in [0.1, 0.15) is 12.3 Å². The number of benzene rings is 1. The van der Waals surface area contributed by atoms with Crippen LogP contribution in [0.1, 0.15) is 80.3 Å². The lowest BCUT2D eigenvalue weighted by Crippen LogP contribution is -2.43. The first-order valence-electron chi connectivity index (χ1n) is 13.1. The zero-order chi connectivity index (χ0) is 25.2. The molecule has 0 amide bonds. The van der Waals surface area contributed by atoms with Gasteiger partial charge in [0.05, 0.1) is 17.8 Å². The molecule has 0 unspecified atom stereocenters. The summed E-state index contributed by atoms with van der Waals surface area (Å²) in [5.74, 6) is 1.88. The highest BCUT2D eigenvalue weighted by molar-refractivity contribution is 5.83. The van der Waals surface area contributed by atoms with E-state index < -0.39 is 0 Å². The molecule has 1 aliphatic carbocycles. The molecule has 1 fully saturated rings. The quantitative estimate of drug-likeness (QED) is 0.362. The second kappa shape index (κ2) is 10.4. The van der Waals surface area contributed by atoms with Crippen molar-refractivity contribution in [2.45, 2.75) is 85.0 Å². The Morgan fingerprint density at radius 2 is 1.97 bits per heavy atom. The van der Waals surface area contributed by atoms with Gasteiger partial charge in [-0.25, -0.2) is 4.68 Å². The van der Waals surface area contributed by atoms with Crippen LogP contribution in [-0.4, -0.2) is 36.1 Å². The Kier molecular flexibility index (Phi) is 7.05. The minimum atomic E-state index is -0.0343. The first kappa shape index (κ1) is 24.4. The summed E-state index contributed by atoms with van der Waals surface area (Å²) in [5.41, 5.74) is 3.99. The van der Waals surface area contributed by atoms with Crippen molar-refractivity contribution in [3.8, 4) is 0 Å². The van der Waals surface area contributed by atoms with Crippen molar-refractivity contribution < 1.29 is 4.42 Å². The SMILES string of the molecule is Cc1ccc2cc(CN(C3CCCCC3)[C@H](c3nnnn3Cc3ccco3)C(C)C)c(=O)[nH]c2c1C. The molecule has 3 heterocycles. The molecule has 0 aliphatic heterocycles. The lowest BCUT2D eigenvalue weighted by atomic mass is 9.90. The average molecular weight is 489 g/mol. The minimum Gasteiger partial charge on any atom is -0.467 e. The highest BCUT2D eigenvalue weighted by Gasteiger charge is 2.35. The third kappa shape index (κ3) is 4.87. The summed E-state index contributed by atoms with van der Waals surface area (Å²) < 4.78 is 7.42. The Morgan fingerprint density at radius 3 is 2.69 bits per heavy atom. The number of tetrazole rings is 1. The zero-order valence-electron chi connectivity index (χ0n) is 21.7. The van der Waals surface area contributed by atoms with E-state index in [-0.39, 0.29) is 17.5 Å². The Morgan fingerprint density at radius 1 is 1.17 bits per heavy atom. The summed E-state index contributed by atoms with van der Waals surface area (Å²) in [7, 11) is 0. The molecule has 5 rings (SSSR count). The van der Waals surface area contributed by atoms with Crippen molar-refractivity contribution in [1.29, 1.82) is 0 Å². The summed E-state index contributed by atoms with van der Waals surface area (Å²) in [6.45, 7) is 9.60. The first-order chi connectivity index (χ1) is 17.4. The highest BCUT2D eigenvalue weighted by Crippen LogP contribution is 2.35. The summed E-state index contributed by atoms with van der Waals surface area (Å²) in [6.07, 6.45) is 7.58. The van der Waals surface area contributed by atoms with E-state index in [0.29, 0.717) is 19.1 Å². The van der Waals surface area contributed by atoms with E-state index in [2.05, 4.69) is 71.3 Å². The predicted molar refractivity (Wildman–Crippen MR) is 140 cm³/mol. The Hall–Kier alpha value is -3.26. The van der Waals surface area contributed by atoms with Crippen molar-refractivity contribution in [2.24, 2.45) is 5.92 Å². The van der Waals surface area contributed by atoms with Gasteiger partial charge in [0.2, 0.25) is 0 Å². The van der Waals surface area contributed by atoms with E-state index >= 15 is 0 Å². The maximum atomic E-state index is 13.3. The lowest BCUT2D eigenvalue weighted by Gasteiger charge is -2.41. The van der Waals surface area contributed by atoms with E-state index in [1.165, 1.54) is 24.8 Å². The standard InChI is InChI=1S/C28H36N6O2/c1-18(2)26(27-30-31-32-34(27)17-24-11-8-14-36-24)33(23-9-6-5-7-10-23)16-22-15-21-13-12-19(3)20(4)25(21)29-28(22)35/h8,11-15,18,23,26H,5-7,9-10,16-17H2,1-4H3,(H,29,35)/t26-/m0/s1. The molecule has 3 aromatic heterocycles. The van der Waals surface area contributed by atoms with E-state index in [4.69, 9.17) is 4.42 Å². The van der Waals surface area contributed by atoms with Crippen LogP contribution in [0.3, 0.4) is 0 Å². The van der Waals surface area contributed by atoms with Crippen LogP contribution < -0.4 is 5.56 Å². The van der Waals surface area contributed by atoms with Crippen molar-refractivity contribution in [2.75, 3.05) is 0 Å². The molecule has 190 valence electrons. The van der Waals surface area contributed by atoms with Gasteiger partial charge in [0.15, 0.2) is 5.82 Å². The second-order valence-corrected chi connectivity index (χ2v) is 10.5. The fourth-order valence-electron chi connectivity index (χ4n) is 5.67. The van der Waals surface area contributed by atoms with E-state index in [1.54, 1.807) is 6.26 Å². The van der Waals surface area contributed by atoms with Gasteiger partial charge in [-0.3, -0.25) is 9.69 Å². The number of H-pyrrole nitrogens is 1. The van der Waals surface area contributed by atoms with Crippen LogP contribution in [0.5, 0.6) is 0 Å². The first-order valence-corrected chi connectivity index (χ1v) is 13.1. The number of fused-ring (bicyclic) bond motifs is 1. The maximum Gasteiger partial charge on any atom is 0.252 e. The molecular weight excluding hydrogens is 452 g/mol. The molecule has 1 aliphatic rings. The molecule has 0 radical (unpaired) electrons. The third-order valence-corrected chi connectivity index (χ3v) is 7.72. The summed E-state index contributed by atoms with van der Waals surface area (Å²) in [6, 6.07) is 10.4. The van der Waals surface area contributed by atoms with Gasteiger partial charge in [-0.1, -0.05) is 45.2 Å². The second-order valence-electron chi connectivity index (χ2n) is 10.5. The molecule has 1 aromatic carbocycles. The molecule has 1 N–H and O–H groups in total. The molecule has 0 spiro atoms. The number of nitrogens with one attached hydrogen (secondary N) is 1. The molecule has 8 nitrogen and oxygen atoms in total. The minimum absolute atomic E-state index is 0.0188. The normalized spacial score (nSPS) is 15.8. The smallest absolute Gasteiger partial charge is 0.252 e. The van der Waals surface area contributed by atoms with Crippen LogP contribution in [0.2, 0.25) is 0 Å². The number of aryl methyl sites for hydroxylation is 2. The van der Waals surface area contributed by atoms with Crippen LogP contribution in [-0.2, 0) is 13.1 Å². The third-order valence-electron chi connectivity index (χ3n) is 7.72. The number of rotatable bonds is 8. The fourth-order valence-corrected chi connectivity index (χ4v) is 5.67. The van der Waals surface area contributed by atoms with Gasteiger partial charge in [-0.05, 0) is 77.7 Å². The molecule has 4 aromatic rings. The molecule has 36 heavy (non-hydrogen) atoms. The number of pyridine rings is 1. The summed E-state index contributed by atoms with van der Waals surface area (Å²) in [5, 5.41) is 13.9. The number of hydrogen-bond donors (Lipinski definition) is 1. The van der Waals surface area contributed by atoms with Gasteiger partial charge in [-0.15, -0.1) is 5.10 Å². The Bertz CT molecular complexity index is 1360. The van der Waals surface area contributed by atoms with Crippen molar-refractivity contribution >= 4 is 10.9 Å². The molecule has 1 atom stereocenters. The van der Waals surface area contributed by atoms with Gasteiger partial charge in [0, 0.05) is 18.2 Å². The van der Waals surface area contributed by atoms with Crippen LogP contribution >= 0.6 is 0 Å². The van der Waals surface area contributed by atoms with Crippen LogP contribution in [0.15, 0.2) is 45.8 Å². The molecule has 0 saturated heterocycles. The van der Waals surface area contributed by atoms with E-state index in [9.17, 15) is 4.79 Å². The predicted octanol–water partition coefficient (Wildman–Crippen LogP) is 5.30. The Labute approximate surface area is 211 Å². The number of aromatic nitrogens is 5. The van der Waals surface area contributed by atoms with Crippen molar-refractivity contribution in [1.82, 2.24) is 30.1 Å². The molecular formula is C28H36N6O2. The van der Waals surface area contributed by atoms with Crippen LogP contribution in [0, 0.1) is 19.8 Å². The molecule has 8 heteroatoms. The zero-order valence-corrected chi connectivity index (χ0v) is 21.7.